The first-order valence-electron chi connectivity index (χ1n) is 5.82. The summed E-state index contributed by atoms with van der Waals surface area (Å²) < 4.78 is 13.3. The third-order valence-corrected chi connectivity index (χ3v) is 2.69. The van der Waals surface area contributed by atoms with Gasteiger partial charge in [-0.25, -0.2) is 4.39 Å². The lowest BCUT2D eigenvalue weighted by Gasteiger charge is -2.08. The summed E-state index contributed by atoms with van der Waals surface area (Å²) in [5.41, 5.74) is 6.12. The molecule has 2 rings (SSSR count). The fraction of sp³-hybridized carbons (Fsp3) is 0.0714. The molecule has 0 heterocycles. The Bertz CT molecular complexity index is 639. The minimum Gasteiger partial charge on any atom is -0.508 e. The van der Waals surface area contributed by atoms with Crippen LogP contribution < -0.4 is 11.1 Å². The molecule has 0 aliphatic carbocycles. The Labute approximate surface area is 114 Å². The highest BCUT2D eigenvalue weighted by Gasteiger charge is 2.10. The van der Waals surface area contributed by atoms with Gasteiger partial charge in [0, 0.05) is 29.4 Å². The van der Waals surface area contributed by atoms with E-state index in [-0.39, 0.29) is 29.2 Å². The maximum absolute atomic E-state index is 13.3. The Balaban J connectivity index is 2.23. The van der Waals surface area contributed by atoms with E-state index in [1.165, 1.54) is 30.3 Å². The van der Waals surface area contributed by atoms with Crippen LogP contribution >= 0.6 is 0 Å². The molecular formula is C14H13FN2O3. The van der Waals surface area contributed by atoms with Crippen LogP contribution in [-0.4, -0.2) is 16.1 Å². The SMILES string of the molecule is NCc1cc(NC(=O)c2cc(O)cc(O)c2)ccc1F. The summed E-state index contributed by atoms with van der Waals surface area (Å²) in [6, 6.07) is 7.56. The van der Waals surface area contributed by atoms with Crippen molar-refractivity contribution in [1.29, 1.82) is 0 Å². The predicted octanol–water partition coefficient (Wildman–Crippen LogP) is 1.95. The molecule has 0 radical (unpaired) electrons. The van der Waals surface area contributed by atoms with Crippen LogP contribution in [-0.2, 0) is 6.54 Å². The molecule has 104 valence electrons. The van der Waals surface area contributed by atoms with Crippen LogP contribution in [0.4, 0.5) is 10.1 Å². The normalized spacial score (nSPS) is 10.3. The molecule has 5 nitrogen and oxygen atoms in total. The van der Waals surface area contributed by atoms with Crippen molar-refractivity contribution >= 4 is 11.6 Å². The number of carbonyl (C=O) groups is 1. The van der Waals surface area contributed by atoms with Crippen LogP contribution in [0.5, 0.6) is 11.5 Å². The lowest BCUT2D eigenvalue weighted by molar-refractivity contribution is 0.102. The molecule has 1 amide bonds. The molecule has 0 bridgehead atoms. The number of anilines is 1. The number of phenolic OH excluding ortho intramolecular Hbond substituents is 2. The van der Waals surface area contributed by atoms with Gasteiger partial charge in [0.2, 0.25) is 0 Å². The van der Waals surface area contributed by atoms with Crippen LogP contribution in [0.15, 0.2) is 36.4 Å². The average Bonchev–Trinajstić information content (AvgIpc) is 2.39. The molecule has 0 unspecified atom stereocenters. The van der Waals surface area contributed by atoms with Gasteiger partial charge in [-0.1, -0.05) is 0 Å². The number of halogens is 1. The number of benzene rings is 2. The van der Waals surface area contributed by atoms with Gasteiger partial charge in [-0.3, -0.25) is 4.79 Å². The highest BCUT2D eigenvalue weighted by molar-refractivity contribution is 6.04. The van der Waals surface area contributed by atoms with E-state index < -0.39 is 11.7 Å². The van der Waals surface area contributed by atoms with E-state index in [0.717, 1.165) is 6.07 Å². The number of carbonyl (C=O) groups excluding carboxylic acids is 1. The quantitative estimate of drug-likeness (QED) is 0.689. The minimum atomic E-state index is -0.536. The van der Waals surface area contributed by atoms with Gasteiger partial charge < -0.3 is 21.3 Å². The van der Waals surface area contributed by atoms with E-state index in [0.29, 0.717) is 5.69 Å². The number of nitrogens with two attached hydrogens (primary N) is 1. The molecule has 0 spiro atoms. The Kier molecular flexibility index (Phi) is 3.86. The van der Waals surface area contributed by atoms with Crippen molar-refractivity contribution in [2.75, 3.05) is 5.32 Å². The molecule has 2 aromatic rings. The third-order valence-electron chi connectivity index (χ3n) is 2.69. The molecule has 20 heavy (non-hydrogen) atoms. The number of nitrogens with one attached hydrogen (secondary N) is 1. The van der Waals surface area contributed by atoms with Crippen LogP contribution in [0.25, 0.3) is 0 Å². The summed E-state index contributed by atoms with van der Waals surface area (Å²) >= 11 is 0. The number of amides is 1. The highest BCUT2D eigenvalue weighted by atomic mass is 19.1. The van der Waals surface area contributed by atoms with Gasteiger partial charge in [0.25, 0.3) is 5.91 Å². The van der Waals surface area contributed by atoms with Gasteiger partial charge in [-0.2, -0.15) is 0 Å². The second kappa shape index (κ2) is 5.58. The molecule has 5 N–H and O–H groups in total. The van der Waals surface area contributed by atoms with Gasteiger partial charge in [-0.15, -0.1) is 0 Å². The molecule has 0 aliphatic rings. The van der Waals surface area contributed by atoms with E-state index in [9.17, 15) is 19.4 Å². The van der Waals surface area contributed by atoms with Crippen LogP contribution in [0.2, 0.25) is 0 Å². The summed E-state index contributed by atoms with van der Waals surface area (Å²) in [6.07, 6.45) is 0. The van der Waals surface area contributed by atoms with Gasteiger partial charge in [-0.05, 0) is 30.3 Å². The van der Waals surface area contributed by atoms with E-state index >= 15 is 0 Å². The molecular weight excluding hydrogens is 263 g/mol. The number of hydrogen-bond acceptors (Lipinski definition) is 4. The maximum Gasteiger partial charge on any atom is 0.255 e. The Morgan fingerprint density at radius 3 is 2.40 bits per heavy atom. The molecule has 0 aromatic heterocycles. The zero-order valence-electron chi connectivity index (χ0n) is 10.4. The van der Waals surface area contributed by atoms with Gasteiger partial charge >= 0.3 is 0 Å². The van der Waals surface area contributed by atoms with Crippen molar-refractivity contribution in [3.05, 3.63) is 53.3 Å². The summed E-state index contributed by atoms with van der Waals surface area (Å²) in [6.45, 7) is 0.0163. The van der Waals surface area contributed by atoms with Crippen molar-refractivity contribution in [3.63, 3.8) is 0 Å². The van der Waals surface area contributed by atoms with E-state index in [4.69, 9.17) is 5.73 Å². The largest absolute Gasteiger partial charge is 0.508 e. The molecule has 0 saturated carbocycles. The summed E-state index contributed by atoms with van der Waals surface area (Å²) in [7, 11) is 0. The fourth-order valence-electron chi connectivity index (χ4n) is 1.74. The first kappa shape index (κ1) is 13.8. The van der Waals surface area contributed by atoms with Gasteiger partial charge in [0.1, 0.15) is 17.3 Å². The van der Waals surface area contributed by atoms with Crippen molar-refractivity contribution in [1.82, 2.24) is 0 Å². The number of aromatic hydroxyl groups is 2. The van der Waals surface area contributed by atoms with Crippen LogP contribution in [0, 0.1) is 5.82 Å². The zero-order chi connectivity index (χ0) is 14.7. The molecule has 6 heteroatoms. The van der Waals surface area contributed by atoms with Crippen LogP contribution in [0.3, 0.4) is 0 Å². The first-order valence-corrected chi connectivity index (χ1v) is 5.82. The van der Waals surface area contributed by atoms with E-state index in [2.05, 4.69) is 5.32 Å². The van der Waals surface area contributed by atoms with Gasteiger partial charge in [0.05, 0.1) is 0 Å². The predicted molar refractivity (Wildman–Crippen MR) is 72.0 cm³/mol. The second-order valence-corrected chi connectivity index (χ2v) is 4.20. The number of rotatable bonds is 3. The lowest BCUT2D eigenvalue weighted by atomic mass is 10.1. The van der Waals surface area contributed by atoms with Crippen molar-refractivity contribution in [2.45, 2.75) is 6.54 Å². The van der Waals surface area contributed by atoms with Crippen molar-refractivity contribution in [3.8, 4) is 11.5 Å². The number of hydrogen-bond donors (Lipinski definition) is 4. The zero-order valence-corrected chi connectivity index (χ0v) is 10.4. The maximum atomic E-state index is 13.3. The summed E-state index contributed by atoms with van der Waals surface area (Å²) in [5, 5.41) is 21.2. The van der Waals surface area contributed by atoms with Crippen molar-refractivity contribution < 1.29 is 19.4 Å². The Hall–Kier alpha value is -2.60. The monoisotopic (exact) mass is 276 g/mol. The van der Waals surface area contributed by atoms with Gasteiger partial charge in [0.15, 0.2) is 0 Å². The molecule has 0 saturated heterocycles. The summed E-state index contributed by atoms with van der Waals surface area (Å²) in [4.78, 5) is 11.9. The number of phenols is 2. The fourth-order valence-corrected chi connectivity index (χ4v) is 1.74. The average molecular weight is 276 g/mol. The smallest absolute Gasteiger partial charge is 0.255 e. The standard InChI is InChI=1S/C14H13FN2O3/c15-13-2-1-10(3-9(13)7-16)17-14(20)8-4-11(18)6-12(19)5-8/h1-6,18-19H,7,16H2,(H,17,20). The molecule has 0 aliphatic heterocycles. The minimum absolute atomic E-state index is 0.0163. The third kappa shape index (κ3) is 3.04. The Morgan fingerprint density at radius 2 is 1.80 bits per heavy atom. The topological polar surface area (TPSA) is 95.6 Å². The highest BCUT2D eigenvalue weighted by Crippen LogP contribution is 2.22. The lowest BCUT2D eigenvalue weighted by Crippen LogP contribution is -2.12. The molecule has 2 aromatic carbocycles. The molecule has 0 fully saturated rings. The Morgan fingerprint density at radius 1 is 1.15 bits per heavy atom. The first-order chi connectivity index (χ1) is 9.49. The van der Waals surface area contributed by atoms with Crippen LogP contribution in [0.1, 0.15) is 15.9 Å². The van der Waals surface area contributed by atoms with E-state index in [1.54, 1.807) is 0 Å². The molecule has 0 atom stereocenters. The van der Waals surface area contributed by atoms with Crippen molar-refractivity contribution in [2.24, 2.45) is 5.73 Å². The van der Waals surface area contributed by atoms with E-state index in [1.807, 2.05) is 0 Å². The summed E-state index contributed by atoms with van der Waals surface area (Å²) in [5.74, 6) is -1.43. The second-order valence-electron chi connectivity index (χ2n) is 4.20.